The third-order valence-electron chi connectivity index (χ3n) is 4.77. The van der Waals surface area contributed by atoms with E-state index in [4.69, 9.17) is 0 Å². The molecule has 2 aliphatic rings. The van der Waals surface area contributed by atoms with Gasteiger partial charge in [0.1, 0.15) is 12.4 Å². The van der Waals surface area contributed by atoms with Gasteiger partial charge in [-0.2, -0.15) is 5.10 Å². The van der Waals surface area contributed by atoms with Gasteiger partial charge in [0.15, 0.2) is 0 Å². The number of amides is 3. The highest BCUT2D eigenvalue weighted by atomic mass is 32.1. The largest absolute Gasteiger partial charge is 0.309 e. The quantitative estimate of drug-likeness (QED) is 0.643. The normalized spacial score (nSPS) is 21.9. The fraction of sp³-hybridized carbons (Fsp3) is 0.333. The number of imide groups is 1. The molecule has 3 amide bonds. The molecule has 0 unspecified atom stereocenters. The molecule has 8 heteroatoms. The number of aromatic nitrogens is 2. The number of nitrogens with one attached hydrogen (secondary N) is 1. The minimum absolute atomic E-state index is 0.244. The van der Waals surface area contributed by atoms with E-state index in [1.54, 1.807) is 28.3 Å². The molecule has 2 atom stereocenters. The number of allylic oxidation sites excluding steroid dienone is 2. The van der Waals surface area contributed by atoms with Crippen molar-refractivity contribution in [2.45, 2.75) is 19.4 Å². The molecule has 0 aromatic carbocycles. The zero-order chi connectivity index (χ0) is 18.1. The lowest BCUT2D eigenvalue weighted by Gasteiger charge is -2.15. The first-order valence-electron chi connectivity index (χ1n) is 8.48. The van der Waals surface area contributed by atoms with Gasteiger partial charge in [0.25, 0.3) is 0 Å². The van der Waals surface area contributed by atoms with Crippen molar-refractivity contribution in [3.05, 3.63) is 46.8 Å². The molecule has 1 N–H and O–H groups in total. The first-order valence-corrected chi connectivity index (χ1v) is 9.35. The molecule has 4 rings (SSSR count). The number of fused-ring (bicyclic) bond motifs is 1. The Morgan fingerprint density at radius 2 is 1.92 bits per heavy atom. The third-order valence-corrected chi connectivity index (χ3v) is 5.63. The van der Waals surface area contributed by atoms with Crippen LogP contribution in [0.4, 0.5) is 5.82 Å². The zero-order valence-corrected chi connectivity index (χ0v) is 14.8. The monoisotopic (exact) mass is 370 g/mol. The number of nitrogens with zero attached hydrogens (tertiary/aromatic N) is 3. The predicted molar refractivity (Wildman–Crippen MR) is 96.4 cm³/mol. The molecule has 0 bridgehead atoms. The maximum atomic E-state index is 12.4. The van der Waals surface area contributed by atoms with Crippen LogP contribution in [0.2, 0.25) is 0 Å². The molecule has 3 heterocycles. The van der Waals surface area contributed by atoms with Crippen molar-refractivity contribution in [1.29, 1.82) is 0 Å². The van der Waals surface area contributed by atoms with Crippen molar-refractivity contribution in [3.63, 3.8) is 0 Å². The van der Waals surface area contributed by atoms with Crippen molar-refractivity contribution in [1.82, 2.24) is 14.7 Å². The topological polar surface area (TPSA) is 84.3 Å². The smallest absolute Gasteiger partial charge is 0.245 e. The van der Waals surface area contributed by atoms with Gasteiger partial charge in [0, 0.05) is 10.9 Å². The van der Waals surface area contributed by atoms with Crippen LogP contribution in [0.15, 0.2) is 41.9 Å². The third kappa shape index (κ3) is 3.08. The molecule has 1 saturated heterocycles. The molecule has 2 aromatic rings. The molecule has 0 radical (unpaired) electrons. The second-order valence-corrected chi connectivity index (χ2v) is 7.45. The summed E-state index contributed by atoms with van der Waals surface area (Å²) in [4.78, 5) is 39.5. The van der Waals surface area contributed by atoms with Gasteiger partial charge in [-0.15, -0.1) is 11.3 Å². The number of hydrogen-bond acceptors (Lipinski definition) is 5. The summed E-state index contributed by atoms with van der Waals surface area (Å²) in [7, 11) is 0. The Bertz CT molecular complexity index is 845. The van der Waals surface area contributed by atoms with E-state index < -0.39 is 5.91 Å². The highest BCUT2D eigenvalue weighted by Crippen LogP contribution is 2.34. The van der Waals surface area contributed by atoms with E-state index in [0.717, 1.165) is 9.78 Å². The highest BCUT2D eigenvalue weighted by molar-refractivity contribution is 7.09. The second kappa shape index (κ2) is 6.87. The molecular weight excluding hydrogens is 352 g/mol. The van der Waals surface area contributed by atoms with Crippen LogP contribution in [0.25, 0.3) is 0 Å². The first kappa shape index (κ1) is 16.7. The summed E-state index contributed by atoms with van der Waals surface area (Å²) >= 11 is 1.61. The lowest BCUT2D eigenvalue weighted by molar-refractivity contribution is -0.142. The fourth-order valence-electron chi connectivity index (χ4n) is 3.47. The van der Waals surface area contributed by atoms with Crippen molar-refractivity contribution in [2.75, 3.05) is 11.9 Å². The lowest BCUT2D eigenvalue weighted by atomic mass is 9.85. The highest BCUT2D eigenvalue weighted by Gasteiger charge is 2.47. The van der Waals surface area contributed by atoms with Crippen LogP contribution >= 0.6 is 11.3 Å². The zero-order valence-electron chi connectivity index (χ0n) is 14.0. The number of carbonyl (C=O) groups excluding carboxylic acids is 3. The first-order chi connectivity index (χ1) is 12.6. The van der Waals surface area contributed by atoms with Gasteiger partial charge in [-0.3, -0.25) is 19.3 Å². The van der Waals surface area contributed by atoms with E-state index in [1.807, 2.05) is 29.7 Å². The summed E-state index contributed by atoms with van der Waals surface area (Å²) in [5, 5.41) is 8.96. The number of anilines is 1. The van der Waals surface area contributed by atoms with Crippen LogP contribution < -0.4 is 5.32 Å². The van der Waals surface area contributed by atoms with Crippen LogP contribution in [-0.2, 0) is 20.9 Å². The van der Waals surface area contributed by atoms with E-state index in [-0.39, 0.29) is 30.2 Å². The molecule has 134 valence electrons. The molecule has 0 saturated carbocycles. The molecule has 1 aliphatic heterocycles. The second-order valence-electron chi connectivity index (χ2n) is 6.42. The SMILES string of the molecule is O=C(CN1C(=O)[C@H]2CC=CC[C@H]2C1=O)Nc1ccnn1Cc1cccs1. The molecule has 0 spiro atoms. The van der Waals surface area contributed by atoms with Crippen LogP contribution in [0.3, 0.4) is 0 Å². The van der Waals surface area contributed by atoms with Crippen LogP contribution in [0, 0.1) is 11.8 Å². The summed E-state index contributed by atoms with van der Waals surface area (Å²) in [5.74, 6) is -0.972. The van der Waals surface area contributed by atoms with E-state index in [1.165, 1.54) is 0 Å². The summed E-state index contributed by atoms with van der Waals surface area (Å²) in [5.41, 5.74) is 0. The summed E-state index contributed by atoms with van der Waals surface area (Å²) in [6.45, 7) is 0.298. The fourth-order valence-corrected chi connectivity index (χ4v) is 4.15. The molecule has 1 fully saturated rings. The summed E-state index contributed by atoms with van der Waals surface area (Å²) < 4.78 is 1.68. The van der Waals surface area contributed by atoms with Gasteiger partial charge < -0.3 is 5.32 Å². The van der Waals surface area contributed by atoms with E-state index in [9.17, 15) is 14.4 Å². The number of likely N-dealkylation sites (tertiary alicyclic amines) is 1. The average molecular weight is 370 g/mol. The van der Waals surface area contributed by atoms with Gasteiger partial charge >= 0.3 is 0 Å². The number of thiophene rings is 1. The summed E-state index contributed by atoms with van der Waals surface area (Å²) in [6.07, 6.45) is 6.61. The number of hydrogen-bond donors (Lipinski definition) is 1. The van der Waals surface area contributed by atoms with Crippen LogP contribution in [0.5, 0.6) is 0 Å². The van der Waals surface area contributed by atoms with Crippen LogP contribution in [-0.4, -0.2) is 38.9 Å². The molecular formula is C18H18N4O3S. The maximum absolute atomic E-state index is 12.4. The molecule has 2 aromatic heterocycles. The lowest BCUT2D eigenvalue weighted by Crippen LogP contribution is -2.38. The van der Waals surface area contributed by atoms with Crippen molar-refractivity contribution >= 4 is 34.9 Å². The standard InChI is InChI=1S/C18H18N4O3S/c23-16(11-21-17(24)13-5-1-2-6-14(13)18(21)25)20-15-7-8-19-22(15)10-12-4-3-9-26-12/h1-4,7-9,13-14H,5-6,10-11H2,(H,20,23)/t13-,14+. The Balaban J connectivity index is 1.41. The Hall–Kier alpha value is -2.74. The van der Waals surface area contributed by atoms with Gasteiger partial charge in [0.05, 0.1) is 24.6 Å². The minimum atomic E-state index is -0.397. The Kier molecular flexibility index (Phi) is 4.42. The number of rotatable bonds is 5. The predicted octanol–water partition coefficient (Wildman–Crippen LogP) is 1.88. The number of carbonyl (C=O) groups is 3. The Morgan fingerprint density at radius 1 is 1.19 bits per heavy atom. The van der Waals surface area contributed by atoms with Crippen molar-refractivity contribution < 1.29 is 14.4 Å². The van der Waals surface area contributed by atoms with E-state index in [2.05, 4.69) is 10.4 Å². The van der Waals surface area contributed by atoms with Gasteiger partial charge in [-0.1, -0.05) is 18.2 Å². The molecule has 26 heavy (non-hydrogen) atoms. The van der Waals surface area contributed by atoms with E-state index in [0.29, 0.717) is 25.2 Å². The van der Waals surface area contributed by atoms with Crippen LogP contribution in [0.1, 0.15) is 17.7 Å². The van der Waals surface area contributed by atoms with Gasteiger partial charge in [-0.25, -0.2) is 4.68 Å². The van der Waals surface area contributed by atoms with E-state index >= 15 is 0 Å². The summed E-state index contributed by atoms with van der Waals surface area (Å²) in [6, 6.07) is 5.65. The molecule has 7 nitrogen and oxygen atoms in total. The van der Waals surface area contributed by atoms with Crippen molar-refractivity contribution in [3.8, 4) is 0 Å². The van der Waals surface area contributed by atoms with Gasteiger partial charge in [-0.05, 0) is 24.3 Å². The average Bonchev–Trinajstić information content (AvgIpc) is 3.35. The maximum Gasteiger partial charge on any atom is 0.245 e. The van der Waals surface area contributed by atoms with Gasteiger partial charge in [0.2, 0.25) is 17.7 Å². The Morgan fingerprint density at radius 3 is 2.58 bits per heavy atom. The Labute approximate surface area is 154 Å². The minimum Gasteiger partial charge on any atom is -0.309 e. The van der Waals surface area contributed by atoms with Crippen molar-refractivity contribution in [2.24, 2.45) is 11.8 Å². The molecule has 1 aliphatic carbocycles.